The summed E-state index contributed by atoms with van der Waals surface area (Å²) < 4.78 is 0. The fourth-order valence-corrected chi connectivity index (χ4v) is 1.82. The number of hydrogen-bond acceptors (Lipinski definition) is 4. The van der Waals surface area contributed by atoms with Crippen molar-refractivity contribution in [3.8, 4) is 0 Å². The summed E-state index contributed by atoms with van der Waals surface area (Å²) in [6.07, 6.45) is 0. The minimum Gasteiger partial charge on any atom is -0.388 e. The molecule has 0 bridgehead atoms. The van der Waals surface area contributed by atoms with Gasteiger partial charge in [0.15, 0.2) is 0 Å². The van der Waals surface area contributed by atoms with Crippen LogP contribution in [0, 0.1) is 17.0 Å². The topological polar surface area (TPSA) is 67.2 Å². The second-order valence-electron chi connectivity index (χ2n) is 4.27. The fourth-order valence-electron chi connectivity index (χ4n) is 1.82. The van der Waals surface area contributed by atoms with E-state index in [4.69, 9.17) is 0 Å². The van der Waals surface area contributed by atoms with Gasteiger partial charge in [-0.3, -0.25) is 10.1 Å². The molecule has 0 aromatic heterocycles. The van der Waals surface area contributed by atoms with Gasteiger partial charge in [-0.1, -0.05) is 12.1 Å². The van der Waals surface area contributed by atoms with Crippen molar-refractivity contribution in [1.29, 1.82) is 0 Å². The van der Waals surface area contributed by atoms with Crippen LogP contribution in [0.25, 0.3) is 0 Å². The Morgan fingerprint density at radius 3 is 2.42 bits per heavy atom. The van der Waals surface area contributed by atoms with E-state index in [0.29, 0.717) is 11.4 Å². The molecule has 2 rings (SSSR count). The van der Waals surface area contributed by atoms with Crippen LogP contribution >= 0.6 is 0 Å². The largest absolute Gasteiger partial charge is 0.388 e. The van der Waals surface area contributed by atoms with Gasteiger partial charge in [-0.25, -0.2) is 0 Å². The third kappa shape index (κ3) is 3.22. The van der Waals surface area contributed by atoms with E-state index < -0.39 is 4.92 Å². The summed E-state index contributed by atoms with van der Waals surface area (Å²) in [7, 11) is 1.73. The molecule has 0 heterocycles. The first-order chi connectivity index (χ1) is 9.08. The van der Waals surface area contributed by atoms with Gasteiger partial charge >= 0.3 is 0 Å². The highest BCUT2D eigenvalue weighted by Gasteiger charge is 2.09. The molecule has 0 radical (unpaired) electrons. The SMILES string of the molecule is CNc1cc(Nc2cccc(C)c2)cc([N+](=O)[O-])c1. The summed E-state index contributed by atoms with van der Waals surface area (Å²) in [5.74, 6) is 0. The van der Waals surface area contributed by atoms with E-state index in [9.17, 15) is 10.1 Å². The van der Waals surface area contributed by atoms with Crippen LogP contribution in [0.15, 0.2) is 42.5 Å². The van der Waals surface area contributed by atoms with Gasteiger partial charge in [0.05, 0.1) is 4.92 Å². The second kappa shape index (κ2) is 5.39. The lowest BCUT2D eigenvalue weighted by atomic mass is 10.2. The molecule has 0 aliphatic carbocycles. The standard InChI is InChI=1S/C14H15N3O2/c1-10-4-3-5-11(6-10)16-13-7-12(15-2)8-14(9-13)17(18)19/h3-9,15-16H,1-2H3. The molecule has 2 N–H and O–H groups in total. The number of nitrogens with zero attached hydrogens (tertiary/aromatic N) is 1. The molecule has 0 aliphatic heterocycles. The number of non-ortho nitro benzene ring substituents is 1. The minimum atomic E-state index is -0.401. The van der Waals surface area contributed by atoms with Gasteiger partial charge in [-0.05, 0) is 30.7 Å². The predicted molar refractivity (Wildman–Crippen MR) is 77.1 cm³/mol. The van der Waals surface area contributed by atoms with Gasteiger partial charge in [0.1, 0.15) is 0 Å². The van der Waals surface area contributed by atoms with Crippen molar-refractivity contribution < 1.29 is 4.92 Å². The first kappa shape index (κ1) is 12.9. The summed E-state index contributed by atoms with van der Waals surface area (Å²) in [6.45, 7) is 2.00. The molecule has 0 saturated carbocycles. The van der Waals surface area contributed by atoms with Crippen LogP contribution in [0.4, 0.5) is 22.7 Å². The Labute approximate surface area is 111 Å². The number of anilines is 3. The molecule has 2 aromatic rings. The third-order valence-corrected chi connectivity index (χ3v) is 2.72. The molecule has 0 unspecified atom stereocenters. The minimum absolute atomic E-state index is 0.0574. The van der Waals surface area contributed by atoms with Gasteiger partial charge in [0.25, 0.3) is 5.69 Å². The van der Waals surface area contributed by atoms with Crippen molar-refractivity contribution in [3.63, 3.8) is 0 Å². The summed E-state index contributed by atoms with van der Waals surface area (Å²) >= 11 is 0. The van der Waals surface area contributed by atoms with E-state index in [1.54, 1.807) is 7.05 Å². The van der Waals surface area contributed by atoms with Crippen LogP contribution in [-0.2, 0) is 0 Å². The first-order valence-corrected chi connectivity index (χ1v) is 5.89. The van der Waals surface area contributed by atoms with E-state index in [2.05, 4.69) is 10.6 Å². The first-order valence-electron chi connectivity index (χ1n) is 5.89. The molecule has 0 spiro atoms. The quantitative estimate of drug-likeness (QED) is 0.647. The second-order valence-corrected chi connectivity index (χ2v) is 4.27. The van der Waals surface area contributed by atoms with Gasteiger partial charge in [-0.2, -0.15) is 0 Å². The molecule has 5 heteroatoms. The van der Waals surface area contributed by atoms with Crippen molar-refractivity contribution in [1.82, 2.24) is 0 Å². The Morgan fingerprint density at radius 2 is 1.79 bits per heavy atom. The van der Waals surface area contributed by atoms with Crippen LogP contribution < -0.4 is 10.6 Å². The molecule has 98 valence electrons. The van der Waals surface area contributed by atoms with Crippen molar-refractivity contribution >= 4 is 22.7 Å². The van der Waals surface area contributed by atoms with E-state index in [0.717, 1.165) is 11.3 Å². The average Bonchev–Trinajstić information content (AvgIpc) is 2.38. The molecule has 0 amide bonds. The van der Waals surface area contributed by atoms with Crippen molar-refractivity contribution in [3.05, 3.63) is 58.1 Å². The highest BCUT2D eigenvalue weighted by molar-refractivity contribution is 5.68. The Bertz CT molecular complexity index is 611. The Morgan fingerprint density at radius 1 is 1.05 bits per heavy atom. The van der Waals surface area contributed by atoms with Gasteiger partial charge in [0.2, 0.25) is 0 Å². The maximum atomic E-state index is 10.9. The zero-order valence-electron chi connectivity index (χ0n) is 10.8. The molecule has 0 saturated heterocycles. The number of nitro benzene ring substituents is 1. The zero-order chi connectivity index (χ0) is 13.8. The van der Waals surface area contributed by atoms with Crippen molar-refractivity contribution in [2.45, 2.75) is 6.92 Å². The number of rotatable bonds is 4. The monoisotopic (exact) mass is 257 g/mol. The highest BCUT2D eigenvalue weighted by atomic mass is 16.6. The molecule has 0 aliphatic rings. The lowest BCUT2D eigenvalue weighted by molar-refractivity contribution is -0.384. The summed E-state index contributed by atoms with van der Waals surface area (Å²) in [5.41, 5.74) is 3.47. The zero-order valence-corrected chi connectivity index (χ0v) is 10.8. The third-order valence-electron chi connectivity index (χ3n) is 2.72. The van der Waals surface area contributed by atoms with Crippen LogP contribution in [0.2, 0.25) is 0 Å². The molecule has 0 fully saturated rings. The lowest BCUT2D eigenvalue weighted by Crippen LogP contribution is -1.96. The normalized spacial score (nSPS) is 10.0. The molecule has 2 aromatic carbocycles. The molecule has 0 atom stereocenters. The fraction of sp³-hybridized carbons (Fsp3) is 0.143. The molecule has 19 heavy (non-hydrogen) atoms. The van der Waals surface area contributed by atoms with Crippen LogP contribution in [0.1, 0.15) is 5.56 Å². The van der Waals surface area contributed by atoms with E-state index in [1.165, 1.54) is 12.1 Å². The maximum absolute atomic E-state index is 10.9. The Hall–Kier alpha value is -2.56. The number of nitro groups is 1. The number of hydrogen-bond donors (Lipinski definition) is 2. The number of benzene rings is 2. The van der Waals surface area contributed by atoms with Gasteiger partial charge in [0, 0.05) is 36.2 Å². The predicted octanol–water partition coefficient (Wildman–Crippen LogP) is 3.69. The van der Waals surface area contributed by atoms with Gasteiger partial charge < -0.3 is 10.6 Å². The average molecular weight is 257 g/mol. The van der Waals surface area contributed by atoms with E-state index in [-0.39, 0.29) is 5.69 Å². The maximum Gasteiger partial charge on any atom is 0.273 e. The van der Waals surface area contributed by atoms with E-state index in [1.807, 2.05) is 37.3 Å². The van der Waals surface area contributed by atoms with E-state index >= 15 is 0 Å². The highest BCUT2D eigenvalue weighted by Crippen LogP contribution is 2.26. The lowest BCUT2D eigenvalue weighted by Gasteiger charge is -2.09. The summed E-state index contributed by atoms with van der Waals surface area (Å²) in [6, 6.07) is 12.7. The number of nitrogens with one attached hydrogen (secondary N) is 2. The smallest absolute Gasteiger partial charge is 0.273 e. The molecular formula is C14H15N3O2. The Kier molecular flexibility index (Phi) is 3.66. The van der Waals surface area contributed by atoms with Crippen LogP contribution in [0.3, 0.4) is 0 Å². The number of aryl methyl sites for hydroxylation is 1. The van der Waals surface area contributed by atoms with Crippen LogP contribution in [0.5, 0.6) is 0 Å². The molecular weight excluding hydrogens is 242 g/mol. The van der Waals surface area contributed by atoms with Crippen molar-refractivity contribution in [2.75, 3.05) is 17.7 Å². The Balaban J connectivity index is 2.34. The molecule has 5 nitrogen and oxygen atoms in total. The summed E-state index contributed by atoms with van der Waals surface area (Å²) in [5, 5.41) is 17.0. The van der Waals surface area contributed by atoms with Crippen molar-refractivity contribution in [2.24, 2.45) is 0 Å². The van der Waals surface area contributed by atoms with Gasteiger partial charge in [-0.15, -0.1) is 0 Å². The summed E-state index contributed by atoms with van der Waals surface area (Å²) in [4.78, 5) is 10.5. The van der Waals surface area contributed by atoms with Crippen LogP contribution in [-0.4, -0.2) is 12.0 Å².